The Hall–Kier alpha value is -1.21. The summed E-state index contributed by atoms with van der Waals surface area (Å²) in [6.45, 7) is 0. The average Bonchev–Trinajstić information content (AvgIpc) is 2.90. The molecule has 0 spiro atoms. The summed E-state index contributed by atoms with van der Waals surface area (Å²) in [5.74, 6) is -0.996. The topological polar surface area (TPSA) is 66.4 Å². The minimum absolute atomic E-state index is 0.177. The SMILES string of the molecule is O=C(CSc1csc(C(=O)O)c1)Nc1ccc(Cl)c(Cl)c1. The standard InChI is InChI=1S/C13H9Cl2NO3S2/c14-9-2-1-7(3-10(9)15)16-12(17)6-20-8-4-11(13(18)19)21-5-8/h1-5H,6H2,(H,16,17)(H,18,19). The van der Waals surface area contributed by atoms with Crippen LogP contribution in [0.15, 0.2) is 34.5 Å². The van der Waals surface area contributed by atoms with Gasteiger partial charge in [0.1, 0.15) is 4.88 Å². The molecule has 0 bridgehead atoms. The van der Waals surface area contributed by atoms with Gasteiger partial charge in [0.25, 0.3) is 0 Å². The molecule has 1 aromatic carbocycles. The molecule has 0 saturated carbocycles. The zero-order chi connectivity index (χ0) is 15.4. The van der Waals surface area contributed by atoms with E-state index in [0.717, 1.165) is 16.2 Å². The molecular weight excluding hydrogens is 353 g/mol. The number of nitrogens with one attached hydrogen (secondary N) is 1. The smallest absolute Gasteiger partial charge is 0.345 e. The number of carbonyl (C=O) groups is 2. The van der Waals surface area contributed by atoms with Crippen molar-refractivity contribution < 1.29 is 14.7 Å². The van der Waals surface area contributed by atoms with Crippen molar-refractivity contribution in [3.05, 3.63) is 44.6 Å². The van der Waals surface area contributed by atoms with Gasteiger partial charge in [-0.25, -0.2) is 4.79 Å². The number of halogens is 2. The van der Waals surface area contributed by atoms with E-state index in [1.165, 1.54) is 11.8 Å². The number of thioether (sulfide) groups is 1. The third-order valence-corrected chi connectivity index (χ3v) is 5.14. The first-order valence-electron chi connectivity index (χ1n) is 5.65. The molecule has 2 rings (SSSR count). The Bertz CT molecular complexity index is 688. The van der Waals surface area contributed by atoms with Crippen LogP contribution in [0, 0.1) is 0 Å². The second-order valence-electron chi connectivity index (χ2n) is 3.92. The van der Waals surface area contributed by atoms with Gasteiger partial charge in [0.05, 0.1) is 15.8 Å². The highest BCUT2D eigenvalue weighted by Crippen LogP contribution is 2.27. The molecule has 2 N–H and O–H groups in total. The molecule has 0 aliphatic carbocycles. The van der Waals surface area contributed by atoms with Gasteiger partial charge in [0.15, 0.2) is 0 Å². The monoisotopic (exact) mass is 361 g/mol. The second-order valence-corrected chi connectivity index (χ2v) is 6.69. The van der Waals surface area contributed by atoms with Gasteiger partial charge >= 0.3 is 5.97 Å². The number of thiophene rings is 1. The molecule has 0 aliphatic rings. The van der Waals surface area contributed by atoms with Crippen molar-refractivity contribution in [1.29, 1.82) is 0 Å². The molecule has 2 aromatic rings. The maximum absolute atomic E-state index is 11.8. The third kappa shape index (κ3) is 4.64. The highest BCUT2D eigenvalue weighted by molar-refractivity contribution is 8.00. The molecule has 1 aromatic heterocycles. The minimum Gasteiger partial charge on any atom is -0.477 e. The summed E-state index contributed by atoms with van der Waals surface area (Å²) in [4.78, 5) is 23.6. The molecule has 0 aliphatic heterocycles. The zero-order valence-corrected chi connectivity index (χ0v) is 13.6. The predicted molar refractivity (Wildman–Crippen MR) is 87.1 cm³/mol. The fourth-order valence-electron chi connectivity index (χ4n) is 1.43. The number of benzene rings is 1. The van der Waals surface area contributed by atoms with Crippen LogP contribution < -0.4 is 5.32 Å². The van der Waals surface area contributed by atoms with E-state index in [0.29, 0.717) is 15.7 Å². The fourth-order valence-corrected chi connectivity index (χ4v) is 3.39. The molecule has 0 radical (unpaired) electrons. The normalized spacial score (nSPS) is 10.4. The number of aromatic carboxylic acids is 1. The fraction of sp³-hybridized carbons (Fsp3) is 0.0769. The van der Waals surface area contributed by atoms with Gasteiger partial charge in [-0.3, -0.25) is 4.79 Å². The number of anilines is 1. The van der Waals surface area contributed by atoms with Crippen molar-refractivity contribution in [2.45, 2.75) is 4.90 Å². The van der Waals surface area contributed by atoms with E-state index in [4.69, 9.17) is 28.3 Å². The number of carboxylic acids is 1. The van der Waals surface area contributed by atoms with Gasteiger partial charge in [0, 0.05) is 16.0 Å². The summed E-state index contributed by atoms with van der Waals surface area (Å²) in [5.41, 5.74) is 0.562. The van der Waals surface area contributed by atoms with Gasteiger partial charge in [-0.15, -0.1) is 23.1 Å². The van der Waals surface area contributed by atoms with Crippen LogP contribution in [0.5, 0.6) is 0 Å². The predicted octanol–water partition coefficient (Wildman–Crippen LogP) is 4.48. The van der Waals surface area contributed by atoms with Crippen LogP contribution in [-0.2, 0) is 4.79 Å². The van der Waals surface area contributed by atoms with E-state index in [9.17, 15) is 9.59 Å². The molecule has 0 saturated heterocycles. The molecule has 0 atom stereocenters. The summed E-state index contributed by atoms with van der Waals surface area (Å²) in [6, 6.07) is 6.37. The number of carbonyl (C=O) groups excluding carboxylic acids is 1. The van der Waals surface area contributed by atoms with Gasteiger partial charge in [0.2, 0.25) is 5.91 Å². The Balaban J connectivity index is 1.89. The lowest BCUT2D eigenvalue weighted by Crippen LogP contribution is -2.13. The molecule has 8 heteroatoms. The molecule has 1 heterocycles. The van der Waals surface area contributed by atoms with E-state index in [-0.39, 0.29) is 16.5 Å². The molecule has 0 unspecified atom stereocenters. The number of rotatable bonds is 5. The Morgan fingerprint density at radius 3 is 2.62 bits per heavy atom. The van der Waals surface area contributed by atoms with Crippen molar-refractivity contribution in [2.75, 3.05) is 11.1 Å². The quantitative estimate of drug-likeness (QED) is 0.770. The number of amides is 1. The lowest BCUT2D eigenvalue weighted by molar-refractivity contribution is -0.113. The van der Waals surface area contributed by atoms with Crippen molar-refractivity contribution in [3.63, 3.8) is 0 Å². The molecule has 0 fully saturated rings. The van der Waals surface area contributed by atoms with E-state index in [1.54, 1.807) is 29.6 Å². The lowest BCUT2D eigenvalue weighted by atomic mass is 10.3. The van der Waals surface area contributed by atoms with Gasteiger partial charge in [-0.05, 0) is 24.3 Å². The Kier molecular flexibility index (Phi) is 5.52. The Morgan fingerprint density at radius 1 is 1.24 bits per heavy atom. The van der Waals surface area contributed by atoms with Crippen LogP contribution in [0.1, 0.15) is 9.67 Å². The van der Waals surface area contributed by atoms with Crippen molar-refractivity contribution in [2.24, 2.45) is 0 Å². The van der Waals surface area contributed by atoms with E-state index >= 15 is 0 Å². The molecule has 110 valence electrons. The summed E-state index contributed by atoms with van der Waals surface area (Å²) in [7, 11) is 0. The summed E-state index contributed by atoms with van der Waals surface area (Å²) >= 11 is 14.1. The van der Waals surface area contributed by atoms with Gasteiger partial charge in [-0.1, -0.05) is 23.2 Å². The lowest BCUT2D eigenvalue weighted by Gasteiger charge is -2.05. The van der Waals surface area contributed by atoms with Gasteiger partial charge in [-0.2, -0.15) is 0 Å². The first-order valence-corrected chi connectivity index (χ1v) is 8.27. The van der Waals surface area contributed by atoms with Gasteiger partial charge < -0.3 is 10.4 Å². The Labute approximate surface area is 139 Å². The first kappa shape index (κ1) is 16.2. The van der Waals surface area contributed by atoms with E-state index in [1.807, 2.05) is 0 Å². The van der Waals surface area contributed by atoms with Crippen LogP contribution in [0.3, 0.4) is 0 Å². The molecule has 4 nitrogen and oxygen atoms in total. The Morgan fingerprint density at radius 2 is 2.00 bits per heavy atom. The summed E-state index contributed by atoms with van der Waals surface area (Å²) in [5, 5.41) is 14.0. The molecular formula is C13H9Cl2NO3S2. The molecule has 1 amide bonds. The van der Waals surface area contributed by atoms with Crippen LogP contribution in [0.25, 0.3) is 0 Å². The largest absolute Gasteiger partial charge is 0.477 e. The maximum Gasteiger partial charge on any atom is 0.345 e. The summed E-state index contributed by atoms with van der Waals surface area (Å²) in [6.07, 6.45) is 0. The zero-order valence-electron chi connectivity index (χ0n) is 10.4. The second kappa shape index (κ2) is 7.17. The number of carboxylic acid groups (broad SMARTS) is 1. The van der Waals surface area contributed by atoms with E-state index in [2.05, 4.69) is 5.32 Å². The highest BCUT2D eigenvalue weighted by atomic mass is 35.5. The third-order valence-electron chi connectivity index (χ3n) is 2.36. The average molecular weight is 362 g/mol. The minimum atomic E-state index is -0.966. The van der Waals surface area contributed by atoms with Crippen molar-refractivity contribution >= 4 is 63.9 Å². The number of hydrogen-bond acceptors (Lipinski definition) is 4. The van der Waals surface area contributed by atoms with Crippen molar-refractivity contribution in [1.82, 2.24) is 0 Å². The number of hydrogen-bond donors (Lipinski definition) is 2. The summed E-state index contributed by atoms with van der Waals surface area (Å²) < 4.78 is 0. The molecule has 21 heavy (non-hydrogen) atoms. The van der Waals surface area contributed by atoms with Crippen molar-refractivity contribution in [3.8, 4) is 0 Å². The van der Waals surface area contributed by atoms with Crippen LogP contribution in [0.4, 0.5) is 5.69 Å². The van der Waals surface area contributed by atoms with Crippen LogP contribution in [0.2, 0.25) is 10.0 Å². The van der Waals surface area contributed by atoms with Crippen LogP contribution in [-0.4, -0.2) is 22.7 Å². The first-order chi connectivity index (χ1) is 9.95. The van der Waals surface area contributed by atoms with Crippen LogP contribution >= 0.6 is 46.3 Å². The highest BCUT2D eigenvalue weighted by Gasteiger charge is 2.09. The maximum atomic E-state index is 11.8. The van der Waals surface area contributed by atoms with E-state index < -0.39 is 5.97 Å².